The van der Waals surface area contributed by atoms with Crippen LogP contribution in [0.3, 0.4) is 0 Å². The number of ether oxygens (including phenoxy) is 2. The van der Waals surface area contributed by atoms with Gasteiger partial charge in [-0.05, 0) is 38.1 Å². The molecule has 0 aliphatic carbocycles. The average Bonchev–Trinajstić information content (AvgIpc) is 2.58. The molecule has 7 heteroatoms. The van der Waals surface area contributed by atoms with Crippen molar-refractivity contribution in [3.05, 3.63) is 40.4 Å². The fraction of sp³-hybridized carbons (Fsp3) is 0.333. The highest BCUT2D eigenvalue weighted by Gasteiger charge is 2.07. The Morgan fingerprint density at radius 1 is 1.24 bits per heavy atom. The van der Waals surface area contributed by atoms with Gasteiger partial charge in [-0.15, -0.1) is 0 Å². The van der Waals surface area contributed by atoms with Gasteiger partial charge in [-0.3, -0.25) is 4.79 Å². The van der Waals surface area contributed by atoms with Crippen LogP contribution in [0.4, 0.5) is 0 Å². The molecule has 0 N–H and O–H groups in total. The minimum atomic E-state index is -0.580. The molecule has 0 aliphatic heterocycles. The number of likely N-dealkylation sites (N-methyl/N-ethyl adjacent to an activating group) is 1. The Bertz CT molecular complexity index is 688. The lowest BCUT2D eigenvalue weighted by Crippen LogP contribution is -2.28. The van der Waals surface area contributed by atoms with Crippen molar-refractivity contribution in [2.75, 3.05) is 26.3 Å². The van der Waals surface area contributed by atoms with E-state index < -0.39 is 5.97 Å². The number of hydrogen-bond acceptors (Lipinski definition) is 4. The number of allylic oxidation sites excluding steroid dienone is 1. The van der Waals surface area contributed by atoms with Crippen molar-refractivity contribution in [3.63, 3.8) is 0 Å². The summed E-state index contributed by atoms with van der Waals surface area (Å²) in [6.07, 6.45) is 2.81. The summed E-state index contributed by atoms with van der Waals surface area (Å²) in [5, 5.41) is 0.783. The van der Waals surface area contributed by atoms with Crippen molar-refractivity contribution in [2.45, 2.75) is 13.8 Å². The van der Waals surface area contributed by atoms with Crippen LogP contribution in [0.1, 0.15) is 13.8 Å². The SMILES string of the molecule is CCN(CC)C(=O)C=CC#CCOC(=O)COc1ccc(Cl)cc1Cl. The maximum Gasteiger partial charge on any atom is 0.345 e. The molecule has 1 amide bonds. The second-order valence-electron chi connectivity index (χ2n) is 4.69. The van der Waals surface area contributed by atoms with Gasteiger partial charge in [0.2, 0.25) is 5.91 Å². The minimum absolute atomic E-state index is 0.0969. The summed E-state index contributed by atoms with van der Waals surface area (Å²) in [6.45, 7) is 4.70. The Morgan fingerprint density at radius 2 is 1.96 bits per heavy atom. The molecule has 1 aromatic rings. The fourth-order valence-electron chi connectivity index (χ4n) is 1.74. The number of carbonyl (C=O) groups excluding carboxylic acids is 2. The largest absolute Gasteiger partial charge is 0.480 e. The number of hydrogen-bond donors (Lipinski definition) is 0. The van der Waals surface area contributed by atoms with Crippen LogP contribution >= 0.6 is 23.2 Å². The molecular formula is C18H19Cl2NO4. The molecular weight excluding hydrogens is 365 g/mol. The molecule has 1 aromatic carbocycles. The number of rotatable bonds is 7. The second kappa shape index (κ2) is 11.4. The predicted molar refractivity (Wildman–Crippen MR) is 97.8 cm³/mol. The summed E-state index contributed by atoms with van der Waals surface area (Å²) in [4.78, 5) is 24.9. The standard InChI is InChI=1S/C18H19Cl2NO4/c1-3-21(4-2)17(22)8-6-5-7-11-24-18(23)13-25-16-10-9-14(19)12-15(16)20/h6,8-10,12H,3-4,11,13H2,1-2H3. The molecule has 0 bridgehead atoms. The van der Waals surface area contributed by atoms with E-state index in [1.807, 2.05) is 13.8 Å². The predicted octanol–water partition coefficient (Wildman–Crippen LogP) is 3.34. The van der Waals surface area contributed by atoms with Crippen molar-refractivity contribution < 1.29 is 19.1 Å². The Morgan fingerprint density at radius 3 is 2.60 bits per heavy atom. The van der Waals surface area contributed by atoms with Crippen LogP contribution in [0.15, 0.2) is 30.4 Å². The van der Waals surface area contributed by atoms with Crippen molar-refractivity contribution in [3.8, 4) is 17.6 Å². The monoisotopic (exact) mass is 383 g/mol. The lowest BCUT2D eigenvalue weighted by Gasteiger charge is -2.15. The molecule has 0 unspecified atom stereocenters. The summed E-state index contributed by atoms with van der Waals surface area (Å²) in [5.74, 6) is 4.90. The lowest BCUT2D eigenvalue weighted by atomic mass is 10.3. The van der Waals surface area contributed by atoms with E-state index in [0.717, 1.165) is 0 Å². The first kappa shape index (κ1) is 20.9. The molecule has 0 atom stereocenters. The highest BCUT2D eigenvalue weighted by atomic mass is 35.5. The van der Waals surface area contributed by atoms with Gasteiger partial charge >= 0.3 is 5.97 Å². The zero-order valence-electron chi connectivity index (χ0n) is 14.1. The number of esters is 1. The van der Waals surface area contributed by atoms with E-state index in [4.69, 9.17) is 32.7 Å². The van der Waals surface area contributed by atoms with E-state index >= 15 is 0 Å². The van der Waals surface area contributed by atoms with E-state index in [9.17, 15) is 9.59 Å². The molecule has 0 fully saturated rings. The molecule has 0 radical (unpaired) electrons. The maximum absolute atomic E-state index is 11.7. The molecule has 134 valence electrons. The fourth-order valence-corrected chi connectivity index (χ4v) is 2.20. The summed E-state index contributed by atoms with van der Waals surface area (Å²) in [7, 11) is 0. The Balaban J connectivity index is 2.32. The smallest absolute Gasteiger partial charge is 0.345 e. The van der Waals surface area contributed by atoms with Gasteiger partial charge in [0, 0.05) is 24.2 Å². The highest BCUT2D eigenvalue weighted by molar-refractivity contribution is 6.35. The first-order chi connectivity index (χ1) is 12.0. The third-order valence-electron chi connectivity index (χ3n) is 3.03. The molecule has 0 saturated heterocycles. The lowest BCUT2D eigenvalue weighted by molar-refractivity contribution is -0.144. The second-order valence-corrected chi connectivity index (χ2v) is 5.53. The van der Waals surface area contributed by atoms with E-state index in [0.29, 0.717) is 28.9 Å². The van der Waals surface area contributed by atoms with Gasteiger partial charge in [0.1, 0.15) is 5.75 Å². The zero-order chi connectivity index (χ0) is 18.7. The minimum Gasteiger partial charge on any atom is -0.480 e. The summed E-state index contributed by atoms with van der Waals surface area (Å²) in [5.41, 5.74) is 0. The van der Waals surface area contributed by atoms with E-state index in [2.05, 4.69) is 11.8 Å². The summed E-state index contributed by atoms with van der Waals surface area (Å²) < 4.78 is 10.1. The summed E-state index contributed by atoms with van der Waals surface area (Å²) in [6, 6.07) is 4.68. The van der Waals surface area contributed by atoms with Gasteiger partial charge in [0.15, 0.2) is 13.2 Å². The van der Waals surface area contributed by atoms with Gasteiger partial charge in [-0.1, -0.05) is 35.0 Å². The molecule has 0 aliphatic rings. The molecule has 0 saturated carbocycles. The molecule has 0 spiro atoms. The van der Waals surface area contributed by atoms with Crippen LogP contribution in [0.25, 0.3) is 0 Å². The number of carbonyl (C=O) groups is 2. The number of amides is 1. The van der Waals surface area contributed by atoms with Crippen LogP contribution in [0.5, 0.6) is 5.75 Å². The first-order valence-electron chi connectivity index (χ1n) is 7.65. The third kappa shape index (κ3) is 7.97. The van der Waals surface area contributed by atoms with Crippen molar-refractivity contribution in [2.24, 2.45) is 0 Å². The number of halogens is 2. The first-order valence-corrected chi connectivity index (χ1v) is 8.40. The van der Waals surface area contributed by atoms with Crippen LogP contribution in [0.2, 0.25) is 10.0 Å². The van der Waals surface area contributed by atoms with Crippen molar-refractivity contribution in [1.82, 2.24) is 4.90 Å². The average molecular weight is 384 g/mol. The van der Waals surface area contributed by atoms with Gasteiger partial charge in [0.25, 0.3) is 0 Å². The topological polar surface area (TPSA) is 55.8 Å². The molecule has 0 aromatic heterocycles. The Kier molecular flexibility index (Phi) is 9.53. The van der Waals surface area contributed by atoms with E-state index in [1.54, 1.807) is 17.0 Å². The van der Waals surface area contributed by atoms with Crippen LogP contribution in [-0.2, 0) is 14.3 Å². The number of nitrogens with zero attached hydrogens (tertiary/aromatic N) is 1. The Labute approximate surface area is 157 Å². The van der Waals surface area contributed by atoms with Gasteiger partial charge in [-0.25, -0.2) is 4.79 Å². The van der Waals surface area contributed by atoms with E-state index in [-0.39, 0.29) is 19.1 Å². The van der Waals surface area contributed by atoms with Crippen LogP contribution in [-0.4, -0.2) is 43.1 Å². The van der Waals surface area contributed by atoms with Gasteiger partial charge in [0.05, 0.1) is 5.02 Å². The van der Waals surface area contributed by atoms with Crippen LogP contribution in [0, 0.1) is 11.8 Å². The van der Waals surface area contributed by atoms with Gasteiger partial charge in [-0.2, -0.15) is 0 Å². The molecule has 0 heterocycles. The Hall–Kier alpha value is -2.16. The quantitative estimate of drug-likeness (QED) is 0.411. The molecule has 1 rings (SSSR count). The highest BCUT2D eigenvalue weighted by Crippen LogP contribution is 2.27. The zero-order valence-corrected chi connectivity index (χ0v) is 15.6. The molecule has 5 nitrogen and oxygen atoms in total. The summed E-state index contributed by atoms with van der Waals surface area (Å²) >= 11 is 11.7. The molecule has 25 heavy (non-hydrogen) atoms. The third-order valence-corrected chi connectivity index (χ3v) is 3.56. The van der Waals surface area contributed by atoms with Crippen LogP contribution < -0.4 is 4.74 Å². The maximum atomic E-state index is 11.7. The van der Waals surface area contributed by atoms with Crippen molar-refractivity contribution in [1.29, 1.82) is 0 Å². The number of benzene rings is 1. The normalized spacial score (nSPS) is 10.1. The van der Waals surface area contributed by atoms with E-state index in [1.165, 1.54) is 18.2 Å². The van der Waals surface area contributed by atoms with Gasteiger partial charge < -0.3 is 14.4 Å². The van der Waals surface area contributed by atoms with Crippen molar-refractivity contribution >= 4 is 35.1 Å².